The molecule has 0 aromatic carbocycles. The molecular weight excluding hydrogens is 272 g/mol. The van der Waals surface area contributed by atoms with Crippen LogP contribution in [0.4, 0.5) is 0 Å². The fraction of sp³-hybridized carbons (Fsp3) is 0.917. The van der Waals surface area contributed by atoms with Crippen molar-refractivity contribution in [2.24, 2.45) is 5.92 Å². The van der Waals surface area contributed by atoms with Crippen molar-refractivity contribution >= 4 is 16.1 Å². The van der Waals surface area contributed by atoms with Crippen LogP contribution >= 0.6 is 0 Å². The summed E-state index contributed by atoms with van der Waals surface area (Å²) in [6.07, 6.45) is 5.62. The minimum Gasteiger partial charge on any atom is -0.463 e. The third-order valence-corrected chi connectivity index (χ3v) is 4.07. The molecule has 0 aromatic rings. The van der Waals surface area contributed by atoms with Crippen LogP contribution in [0.3, 0.4) is 0 Å². The van der Waals surface area contributed by atoms with Crippen LogP contribution in [0.25, 0.3) is 0 Å². The predicted octanol–water partition coefficient (Wildman–Crippen LogP) is 1.14. The summed E-state index contributed by atoms with van der Waals surface area (Å²) in [5.41, 5.74) is 0. The lowest BCUT2D eigenvalue weighted by Crippen LogP contribution is -2.29. The molecule has 1 aliphatic carbocycles. The highest BCUT2D eigenvalue weighted by Gasteiger charge is 2.22. The van der Waals surface area contributed by atoms with Crippen LogP contribution < -0.4 is 0 Å². The summed E-state index contributed by atoms with van der Waals surface area (Å²) in [6.45, 7) is -0.394. The van der Waals surface area contributed by atoms with E-state index < -0.39 is 28.6 Å². The van der Waals surface area contributed by atoms with Crippen LogP contribution in [-0.2, 0) is 19.6 Å². The molecule has 1 fully saturated rings. The Morgan fingerprint density at radius 3 is 2.21 bits per heavy atom. The van der Waals surface area contributed by atoms with Gasteiger partial charge < -0.3 is 9.84 Å². The predicted molar refractivity (Wildman–Crippen MR) is 69.2 cm³/mol. The van der Waals surface area contributed by atoms with E-state index in [1.54, 1.807) is 0 Å². The monoisotopic (exact) mass is 294 g/mol. The van der Waals surface area contributed by atoms with Crippen LogP contribution in [0.1, 0.15) is 44.9 Å². The Morgan fingerprint density at radius 2 is 1.68 bits per heavy atom. The molecule has 0 saturated heterocycles. The second-order valence-electron chi connectivity index (χ2n) is 5.07. The number of aliphatic hydroxyl groups excluding tert-OH is 1. The van der Waals surface area contributed by atoms with Gasteiger partial charge in [0, 0.05) is 0 Å². The summed E-state index contributed by atoms with van der Waals surface area (Å²) >= 11 is 0. The molecule has 0 heterocycles. The van der Waals surface area contributed by atoms with Gasteiger partial charge in [0.25, 0.3) is 10.1 Å². The zero-order valence-electron chi connectivity index (χ0n) is 11.0. The van der Waals surface area contributed by atoms with E-state index in [9.17, 15) is 18.3 Å². The van der Waals surface area contributed by atoms with Gasteiger partial charge in [-0.15, -0.1) is 0 Å². The summed E-state index contributed by atoms with van der Waals surface area (Å²) < 4.78 is 34.5. The summed E-state index contributed by atoms with van der Waals surface area (Å²) in [7, 11) is -4.25. The minimum atomic E-state index is -4.25. The zero-order valence-corrected chi connectivity index (χ0v) is 11.8. The fourth-order valence-corrected chi connectivity index (χ4v) is 2.86. The van der Waals surface area contributed by atoms with Gasteiger partial charge in [0.1, 0.15) is 18.5 Å². The lowest BCUT2D eigenvalue weighted by Gasteiger charge is -2.19. The van der Waals surface area contributed by atoms with Crippen molar-refractivity contribution < 1.29 is 27.6 Å². The summed E-state index contributed by atoms with van der Waals surface area (Å²) in [5, 5.41) is 9.32. The van der Waals surface area contributed by atoms with Crippen LogP contribution in [0.5, 0.6) is 0 Å². The van der Waals surface area contributed by atoms with Gasteiger partial charge in [0.2, 0.25) is 0 Å². The van der Waals surface area contributed by atoms with Crippen molar-refractivity contribution in [2.45, 2.75) is 51.0 Å². The number of rotatable bonds is 5. The average Bonchev–Trinajstić information content (AvgIpc) is 2.23. The van der Waals surface area contributed by atoms with Crippen LogP contribution in [0.2, 0.25) is 0 Å². The molecule has 19 heavy (non-hydrogen) atoms. The van der Waals surface area contributed by atoms with E-state index >= 15 is 0 Å². The number of carbonyl (C=O) groups excluding carboxylic acids is 1. The van der Waals surface area contributed by atoms with E-state index in [1.165, 1.54) is 6.42 Å². The van der Waals surface area contributed by atoms with Gasteiger partial charge in [-0.2, -0.15) is 8.42 Å². The second-order valence-corrected chi connectivity index (χ2v) is 6.57. The number of carbonyl (C=O) groups is 1. The SMILES string of the molecule is O=C(OCC(O)CS(=O)(=O)O)C1CCCCCCC1. The molecule has 1 rings (SSSR count). The van der Waals surface area contributed by atoms with E-state index in [-0.39, 0.29) is 11.9 Å². The molecular formula is C12H22O6S. The van der Waals surface area contributed by atoms with E-state index in [1.807, 2.05) is 0 Å². The average molecular weight is 294 g/mol. The first-order valence-electron chi connectivity index (χ1n) is 6.68. The highest BCUT2D eigenvalue weighted by Crippen LogP contribution is 2.23. The molecule has 0 radical (unpaired) electrons. The van der Waals surface area contributed by atoms with Crippen LogP contribution in [0.15, 0.2) is 0 Å². The highest BCUT2D eigenvalue weighted by atomic mass is 32.2. The molecule has 0 amide bonds. The largest absolute Gasteiger partial charge is 0.463 e. The summed E-state index contributed by atoms with van der Waals surface area (Å²) in [4.78, 5) is 11.8. The summed E-state index contributed by atoms with van der Waals surface area (Å²) in [6, 6.07) is 0. The maximum absolute atomic E-state index is 11.8. The maximum Gasteiger partial charge on any atom is 0.309 e. The molecule has 112 valence electrons. The second kappa shape index (κ2) is 7.81. The number of hydrogen-bond donors (Lipinski definition) is 2. The molecule has 6 nitrogen and oxygen atoms in total. The van der Waals surface area contributed by atoms with Gasteiger partial charge >= 0.3 is 5.97 Å². The van der Waals surface area contributed by atoms with Gasteiger partial charge in [-0.25, -0.2) is 0 Å². The number of ether oxygens (including phenoxy) is 1. The standard InChI is InChI=1S/C12H22O6S/c13-11(9-19(15,16)17)8-18-12(14)10-6-4-2-1-3-5-7-10/h10-11,13H,1-9H2,(H,15,16,17). The highest BCUT2D eigenvalue weighted by molar-refractivity contribution is 7.85. The lowest BCUT2D eigenvalue weighted by molar-refractivity contribution is -0.151. The lowest BCUT2D eigenvalue weighted by atomic mass is 9.91. The molecule has 0 aliphatic heterocycles. The molecule has 1 aliphatic rings. The molecule has 1 saturated carbocycles. The molecule has 0 aromatic heterocycles. The Hall–Kier alpha value is -0.660. The molecule has 1 unspecified atom stereocenters. The van der Waals surface area contributed by atoms with Gasteiger partial charge in [-0.3, -0.25) is 9.35 Å². The third kappa shape index (κ3) is 7.49. The zero-order chi connectivity index (χ0) is 14.3. The molecule has 2 N–H and O–H groups in total. The van der Waals surface area contributed by atoms with Crippen LogP contribution in [0, 0.1) is 5.92 Å². The van der Waals surface area contributed by atoms with E-state index in [4.69, 9.17) is 9.29 Å². The van der Waals surface area contributed by atoms with Crippen molar-refractivity contribution in [3.8, 4) is 0 Å². The first kappa shape index (κ1) is 16.4. The van der Waals surface area contributed by atoms with E-state index in [2.05, 4.69) is 0 Å². The van der Waals surface area contributed by atoms with Gasteiger partial charge in [-0.1, -0.05) is 32.1 Å². The maximum atomic E-state index is 11.8. The quantitative estimate of drug-likeness (QED) is 0.582. The van der Waals surface area contributed by atoms with E-state index in [0.717, 1.165) is 38.5 Å². The first-order valence-corrected chi connectivity index (χ1v) is 8.29. The van der Waals surface area contributed by atoms with Crippen LogP contribution in [-0.4, -0.2) is 42.5 Å². The summed E-state index contributed by atoms with van der Waals surface area (Å²) in [5.74, 6) is -1.35. The number of hydrogen-bond acceptors (Lipinski definition) is 5. The normalized spacial score (nSPS) is 20.3. The van der Waals surface area contributed by atoms with Crippen molar-refractivity contribution in [1.82, 2.24) is 0 Å². The topological polar surface area (TPSA) is 101 Å². The van der Waals surface area contributed by atoms with Gasteiger partial charge in [-0.05, 0) is 12.8 Å². The van der Waals surface area contributed by atoms with Crippen molar-refractivity contribution in [2.75, 3.05) is 12.4 Å². The fourth-order valence-electron chi connectivity index (χ4n) is 2.28. The Balaban J connectivity index is 2.32. The first-order chi connectivity index (χ1) is 8.88. The van der Waals surface area contributed by atoms with Crippen molar-refractivity contribution in [1.29, 1.82) is 0 Å². The van der Waals surface area contributed by atoms with Gasteiger partial charge in [0.15, 0.2) is 0 Å². The molecule has 7 heteroatoms. The van der Waals surface area contributed by atoms with E-state index in [0.29, 0.717) is 0 Å². The smallest absolute Gasteiger partial charge is 0.309 e. The third-order valence-electron chi connectivity index (χ3n) is 3.26. The Labute approximate surface area is 113 Å². The van der Waals surface area contributed by atoms with Crippen molar-refractivity contribution in [3.05, 3.63) is 0 Å². The number of aliphatic hydroxyl groups is 1. The Morgan fingerprint density at radius 1 is 1.16 bits per heavy atom. The Bertz CT molecular complexity index is 370. The minimum absolute atomic E-state index is 0.154. The molecule has 0 bridgehead atoms. The molecule has 0 spiro atoms. The van der Waals surface area contributed by atoms with Gasteiger partial charge in [0.05, 0.1) is 5.92 Å². The van der Waals surface area contributed by atoms with Crippen molar-refractivity contribution in [3.63, 3.8) is 0 Å². The Kier molecular flexibility index (Phi) is 6.74. The number of esters is 1. The molecule has 1 atom stereocenters.